The third kappa shape index (κ3) is 3.96. The quantitative estimate of drug-likeness (QED) is 0.560. The summed E-state index contributed by atoms with van der Waals surface area (Å²) in [5, 5.41) is 8.46. The third-order valence-corrected chi connectivity index (χ3v) is 4.82. The van der Waals surface area contributed by atoms with Crippen molar-refractivity contribution in [3.63, 3.8) is 0 Å². The number of benzene rings is 1. The highest BCUT2D eigenvalue weighted by Gasteiger charge is 2.37. The van der Waals surface area contributed by atoms with Crippen molar-refractivity contribution >= 4 is 23.2 Å². The van der Waals surface area contributed by atoms with Gasteiger partial charge in [0.2, 0.25) is 11.7 Å². The molecule has 2 heterocycles. The normalized spacial score (nSPS) is 14.7. The van der Waals surface area contributed by atoms with Gasteiger partial charge in [-0.3, -0.25) is 4.68 Å². The van der Waals surface area contributed by atoms with E-state index in [1.165, 1.54) is 4.68 Å². The monoisotopic (exact) mass is 416 g/mol. The molecule has 1 fully saturated rings. The highest BCUT2D eigenvalue weighted by atomic mass is 35.5. The van der Waals surface area contributed by atoms with Gasteiger partial charge in [0.15, 0.2) is 5.69 Å². The largest absolute Gasteiger partial charge is 0.435 e. The minimum absolute atomic E-state index is 0.139. The van der Waals surface area contributed by atoms with Gasteiger partial charge in [-0.15, -0.1) is 0 Å². The molecule has 0 radical (unpaired) electrons. The Hall–Kier alpha value is -2.06. The van der Waals surface area contributed by atoms with Crippen LogP contribution >= 0.6 is 23.2 Å². The fourth-order valence-electron chi connectivity index (χ4n) is 2.79. The van der Waals surface area contributed by atoms with Crippen LogP contribution in [0.2, 0.25) is 10.0 Å². The maximum Gasteiger partial charge on any atom is 0.435 e. The van der Waals surface area contributed by atoms with E-state index in [1.54, 1.807) is 18.2 Å². The van der Waals surface area contributed by atoms with Crippen LogP contribution in [0.25, 0.3) is 11.4 Å². The maximum atomic E-state index is 12.9. The molecule has 5 nitrogen and oxygen atoms in total. The van der Waals surface area contributed by atoms with Gasteiger partial charge < -0.3 is 4.52 Å². The van der Waals surface area contributed by atoms with Crippen molar-refractivity contribution in [3.05, 3.63) is 51.6 Å². The molecule has 0 spiro atoms. The van der Waals surface area contributed by atoms with Gasteiger partial charge in [-0.2, -0.15) is 23.3 Å². The van der Waals surface area contributed by atoms with Gasteiger partial charge in [-0.1, -0.05) is 28.4 Å². The zero-order valence-corrected chi connectivity index (χ0v) is 15.3. The maximum absolute atomic E-state index is 12.9. The Bertz CT molecular complexity index is 979. The Morgan fingerprint density at radius 1 is 1.19 bits per heavy atom. The first-order chi connectivity index (χ1) is 12.8. The van der Waals surface area contributed by atoms with Crippen molar-refractivity contribution < 1.29 is 17.7 Å². The highest BCUT2D eigenvalue weighted by molar-refractivity contribution is 6.36. The first-order valence-corrected chi connectivity index (χ1v) is 9.00. The van der Waals surface area contributed by atoms with Gasteiger partial charge in [0.05, 0.1) is 11.6 Å². The van der Waals surface area contributed by atoms with Gasteiger partial charge in [0.1, 0.15) is 0 Å². The van der Waals surface area contributed by atoms with Crippen LogP contribution < -0.4 is 0 Å². The van der Waals surface area contributed by atoms with E-state index in [0.29, 0.717) is 33.0 Å². The van der Waals surface area contributed by atoms with Gasteiger partial charge in [0.25, 0.3) is 0 Å². The zero-order valence-electron chi connectivity index (χ0n) is 13.8. The lowest BCUT2D eigenvalue weighted by atomic mass is 10.2. The highest BCUT2D eigenvalue weighted by Crippen LogP contribution is 2.42. The molecule has 3 aromatic rings. The van der Waals surface area contributed by atoms with Crippen LogP contribution in [-0.2, 0) is 19.1 Å². The zero-order chi connectivity index (χ0) is 19.2. The summed E-state index contributed by atoms with van der Waals surface area (Å²) in [6.07, 6.45) is -2.44. The molecular formula is C17H13Cl2F3N4O. The number of alkyl halides is 3. The molecule has 4 rings (SSSR count). The van der Waals surface area contributed by atoms with E-state index in [1.807, 2.05) is 0 Å². The summed E-state index contributed by atoms with van der Waals surface area (Å²) in [7, 11) is 0. The second-order valence-electron chi connectivity index (χ2n) is 6.34. The number of halogens is 5. The Morgan fingerprint density at radius 3 is 2.63 bits per heavy atom. The molecule has 0 atom stereocenters. The Labute approximate surface area is 162 Å². The number of rotatable bonds is 5. The molecule has 0 saturated heterocycles. The van der Waals surface area contributed by atoms with Crippen molar-refractivity contribution in [2.45, 2.75) is 37.9 Å². The van der Waals surface area contributed by atoms with Crippen LogP contribution in [0.3, 0.4) is 0 Å². The average molecular weight is 417 g/mol. The summed E-state index contributed by atoms with van der Waals surface area (Å²) in [5.74, 6) is 0.729. The summed E-state index contributed by atoms with van der Waals surface area (Å²) in [4.78, 5) is 4.26. The van der Waals surface area contributed by atoms with E-state index < -0.39 is 11.9 Å². The Kier molecular flexibility index (Phi) is 4.63. The van der Waals surface area contributed by atoms with E-state index in [2.05, 4.69) is 15.2 Å². The molecule has 1 aliphatic carbocycles. The van der Waals surface area contributed by atoms with E-state index >= 15 is 0 Å². The average Bonchev–Trinajstić information content (AvgIpc) is 3.16. The lowest BCUT2D eigenvalue weighted by Gasteiger charge is -2.04. The summed E-state index contributed by atoms with van der Waals surface area (Å²) in [6.45, 7) is 0.220. The van der Waals surface area contributed by atoms with E-state index in [9.17, 15) is 13.2 Å². The number of nitrogens with zero attached hydrogens (tertiary/aromatic N) is 4. The molecule has 0 unspecified atom stereocenters. The second kappa shape index (κ2) is 6.83. The lowest BCUT2D eigenvalue weighted by Crippen LogP contribution is -2.10. The molecule has 0 bridgehead atoms. The van der Waals surface area contributed by atoms with Crippen LogP contribution in [0.4, 0.5) is 13.2 Å². The Morgan fingerprint density at radius 2 is 1.96 bits per heavy atom. The fourth-order valence-corrected chi connectivity index (χ4v) is 3.29. The van der Waals surface area contributed by atoms with Gasteiger partial charge >= 0.3 is 6.18 Å². The molecule has 0 N–H and O–H groups in total. The Balaban J connectivity index is 1.51. The predicted molar refractivity (Wildman–Crippen MR) is 92.7 cm³/mol. The van der Waals surface area contributed by atoms with E-state index in [0.717, 1.165) is 18.9 Å². The summed E-state index contributed by atoms with van der Waals surface area (Å²) < 4.78 is 45.4. The van der Waals surface area contributed by atoms with Crippen molar-refractivity contribution in [1.29, 1.82) is 0 Å². The third-order valence-electron chi connectivity index (χ3n) is 4.27. The molecule has 1 aromatic carbocycles. The first kappa shape index (κ1) is 18.3. The predicted octanol–water partition coefficient (Wildman–Crippen LogP) is 5.38. The number of hydrogen-bond acceptors (Lipinski definition) is 4. The topological polar surface area (TPSA) is 56.7 Å². The standard InChI is InChI=1S/C17H13Cl2F3N4O/c18-10-3-4-11(12(19)7-10)16-23-15(27-25-16)5-6-26-13(9-1-2-9)8-14(24-26)17(20,21)22/h3-4,7-9H,1-2,5-6H2. The molecule has 1 aliphatic rings. The van der Waals surface area contributed by atoms with Gasteiger partial charge in [0, 0.05) is 28.6 Å². The summed E-state index contributed by atoms with van der Waals surface area (Å²) in [6, 6.07) is 6.03. The molecule has 0 amide bonds. The van der Waals surface area contributed by atoms with Gasteiger partial charge in [-0.05, 0) is 37.1 Å². The van der Waals surface area contributed by atoms with Crippen LogP contribution in [0, 0.1) is 0 Å². The molecule has 10 heteroatoms. The van der Waals surface area contributed by atoms with Crippen molar-refractivity contribution in [1.82, 2.24) is 19.9 Å². The smallest absolute Gasteiger partial charge is 0.339 e. The first-order valence-electron chi connectivity index (χ1n) is 8.24. The SMILES string of the molecule is FC(F)(F)c1cc(C2CC2)n(CCc2nc(-c3ccc(Cl)cc3Cl)no2)n1. The number of hydrogen-bond donors (Lipinski definition) is 0. The van der Waals surface area contributed by atoms with Crippen LogP contribution in [0.5, 0.6) is 0 Å². The minimum Gasteiger partial charge on any atom is -0.339 e. The second-order valence-corrected chi connectivity index (χ2v) is 7.18. The lowest BCUT2D eigenvalue weighted by molar-refractivity contribution is -0.141. The number of aromatic nitrogens is 4. The van der Waals surface area contributed by atoms with Crippen molar-refractivity contribution in [3.8, 4) is 11.4 Å². The van der Waals surface area contributed by atoms with Crippen LogP contribution in [0.1, 0.15) is 36.0 Å². The van der Waals surface area contributed by atoms with Crippen LogP contribution in [0.15, 0.2) is 28.8 Å². The van der Waals surface area contributed by atoms with Gasteiger partial charge in [-0.25, -0.2) is 0 Å². The number of aryl methyl sites for hydroxylation is 2. The molecule has 1 saturated carbocycles. The molecule has 27 heavy (non-hydrogen) atoms. The van der Waals surface area contributed by atoms with E-state index in [-0.39, 0.29) is 18.9 Å². The van der Waals surface area contributed by atoms with E-state index in [4.69, 9.17) is 27.7 Å². The molecule has 2 aromatic heterocycles. The summed E-state index contributed by atoms with van der Waals surface area (Å²) >= 11 is 12.0. The summed E-state index contributed by atoms with van der Waals surface area (Å²) in [5.41, 5.74) is 0.291. The molecule has 142 valence electrons. The van der Waals surface area contributed by atoms with Crippen molar-refractivity contribution in [2.75, 3.05) is 0 Å². The molecular weight excluding hydrogens is 404 g/mol. The minimum atomic E-state index is -4.46. The van der Waals surface area contributed by atoms with Crippen molar-refractivity contribution in [2.24, 2.45) is 0 Å². The molecule has 0 aliphatic heterocycles. The fraction of sp³-hybridized carbons (Fsp3) is 0.353. The van der Waals surface area contributed by atoms with Crippen LogP contribution in [-0.4, -0.2) is 19.9 Å².